The highest BCUT2D eigenvalue weighted by molar-refractivity contribution is 5.98. The predicted octanol–water partition coefficient (Wildman–Crippen LogP) is 1.77. The highest BCUT2D eigenvalue weighted by Crippen LogP contribution is 2.29. The normalized spacial score (nSPS) is 20.7. The Labute approximate surface area is 148 Å². The van der Waals surface area contributed by atoms with Gasteiger partial charge in [0.15, 0.2) is 0 Å². The van der Waals surface area contributed by atoms with Gasteiger partial charge in [-0.3, -0.25) is 4.79 Å². The number of halogens is 2. The first kappa shape index (κ1) is 18.1. The molecular weight excluding hydrogens is 348 g/mol. The zero-order valence-corrected chi connectivity index (χ0v) is 14.1. The molecule has 0 aromatic heterocycles. The second-order valence-corrected chi connectivity index (χ2v) is 5.92. The van der Waals surface area contributed by atoms with Crippen LogP contribution in [0.15, 0.2) is 35.5 Å². The van der Waals surface area contributed by atoms with Crippen molar-refractivity contribution in [2.75, 3.05) is 26.3 Å². The van der Waals surface area contributed by atoms with E-state index in [1.165, 1.54) is 12.1 Å². The number of carbonyl (C=O) groups excluding carboxylic acids is 2. The van der Waals surface area contributed by atoms with E-state index in [0.29, 0.717) is 43.1 Å². The van der Waals surface area contributed by atoms with Gasteiger partial charge in [0.2, 0.25) is 0 Å². The van der Waals surface area contributed by atoms with Gasteiger partial charge >= 0.3 is 12.6 Å². The van der Waals surface area contributed by atoms with Crippen LogP contribution in [-0.4, -0.2) is 49.8 Å². The van der Waals surface area contributed by atoms with Crippen LogP contribution in [0.1, 0.15) is 18.5 Å². The van der Waals surface area contributed by atoms with Crippen LogP contribution >= 0.6 is 0 Å². The quantitative estimate of drug-likeness (QED) is 0.850. The number of morpholine rings is 1. The molecule has 3 amide bonds. The van der Waals surface area contributed by atoms with E-state index in [9.17, 15) is 18.4 Å². The van der Waals surface area contributed by atoms with Crippen molar-refractivity contribution in [3.63, 3.8) is 0 Å². The maximum Gasteiger partial charge on any atom is 0.387 e. The van der Waals surface area contributed by atoms with Crippen LogP contribution in [-0.2, 0) is 9.53 Å². The van der Waals surface area contributed by atoms with Crippen LogP contribution in [0.3, 0.4) is 0 Å². The van der Waals surface area contributed by atoms with Crippen LogP contribution in [0.2, 0.25) is 0 Å². The van der Waals surface area contributed by atoms with E-state index in [-0.39, 0.29) is 11.7 Å². The van der Waals surface area contributed by atoms with Crippen LogP contribution < -0.4 is 15.4 Å². The number of alkyl halides is 2. The Morgan fingerprint density at radius 2 is 1.92 bits per heavy atom. The summed E-state index contributed by atoms with van der Waals surface area (Å²) in [4.78, 5) is 26.5. The van der Waals surface area contributed by atoms with Crippen LogP contribution in [0.5, 0.6) is 5.75 Å². The monoisotopic (exact) mass is 367 g/mol. The Hall–Kier alpha value is -2.68. The molecule has 9 heteroatoms. The molecule has 1 aromatic rings. The molecule has 1 saturated heterocycles. The number of allylic oxidation sites excluding steroid dienone is 1. The van der Waals surface area contributed by atoms with Crippen LogP contribution in [0, 0.1) is 0 Å². The van der Waals surface area contributed by atoms with Crippen molar-refractivity contribution < 1.29 is 27.8 Å². The molecule has 2 heterocycles. The maximum atomic E-state index is 13.0. The lowest BCUT2D eigenvalue weighted by Gasteiger charge is -2.34. The number of nitrogens with zero attached hydrogens (tertiary/aromatic N) is 1. The highest BCUT2D eigenvalue weighted by atomic mass is 19.3. The van der Waals surface area contributed by atoms with Gasteiger partial charge in [0.1, 0.15) is 5.75 Å². The fourth-order valence-corrected chi connectivity index (χ4v) is 3.01. The summed E-state index contributed by atoms with van der Waals surface area (Å²) >= 11 is 0. The van der Waals surface area contributed by atoms with Crippen molar-refractivity contribution in [2.45, 2.75) is 19.6 Å². The fraction of sp³-hybridized carbons (Fsp3) is 0.412. The number of amides is 3. The first-order valence-corrected chi connectivity index (χ1v) is 8.16. The number of hydrogen-bond acceptors (Lipinski definition) is 4. The van der Waals surface area contributed by atoms with E-state index in [0.717, 1.165) is 0 Å². The summed E-state index contributed by atoms with van der Waals surface area (Å²) in [5.74, 6) is -0.193. The molecule has 0 spiro atoms. The molecule has 26 heavy (non-hydrogen) atoms. The Bertz CT molecular complexity index is 715. The Morgan fingerprint density at radius 3 is 2.54 bits per heavy atom. The average Bonchev–Trinajstić information content (AvgIpc) is 2.61. The summed E-state index contributed by atoms with van der Waals surface area (Å²) in [6.45, 7) is 0.604. The molecule has 140 valence electrons. The molecule has 0 unspecified atom stereocenters. The highest BCUT2D eigenvalue weighted by Gasteiger charge is 2.34. The van der Waals surface area contributed by atoms with Gasteiger partial charge in [0.05, 0.1) is 24.8 Å². The largest absolute Gasteiger partial charge is 0.435 e. The van der Waals surface area contributed by atoms with E-state index >= 15 is 0 Å². The van der Waals surface area contributed by atoms with Gasteiger partial charge in [-0.1, -0.05) is 12.1 Å². The summed E-state index contributed by atoms with van der Waals surface area (Å²) in [6.07, 6.45) is 0. The Morgan fingerprint density at radius 1 is 1.27 bits per heavy atom. The SMILES string of the molecule is CC1=C(C(=O)N2CCOCC2)[C@H](c2ccc(OC(F)F)cc2)NC(=O)N1. The molecule has 0 aliphatic carbocycles. The van der Waals surface area contributed by atoms with Crippen LogP contribution in [0.25, 0.3) is 0 Å². The van der Waals surface area contributed by atoms with E-state index < -0.39 is 18.7 Å². The third-order valence-electron chi connectivity index (χ3n) is 4.24. The summed E-state index contributed by atoms with van der Waals surface area (Å²) in [5.41, 5.74) is 1.47. The number of rotatable bonds is 4. The molecule has 1 atom stereocenters. The van der Waals surface area contributed by atoms with Gasteiger partial charge in [0, 0.05) is 18.8 Å². The van der Waals surface area contributed by atoms with Gasteiger partial charge in [-0.2, -0.15) is 8.78 Å². The summed E-state index contributed by atoms with van der Waals surface area (Å²) in [5, 5.41) is 5.33. The lowest BCUT2D eigenvalue weighted by molar-refractivity contribution is -0.131. The molecule has 1 aromatic carbocycles. The zero-order chi connectivity index (χ0) is 18.7. The molecule has 2 aliphatic heterocycles. The average molecular weight is 367 g/mol. The van der Waals surface area contributed by atoms with Crippen molar-refractivity contribution in [3.05, 3.63) is 41.1 Å². The number of carbonyl (C=O) groups is 2. The number of hydrogen-bond donors (Lipinski definition) is 2. The first-order chi connectivity index (χ1) is 12.5. The predicted molar refractivity (Wildman–Crippen MR) is 87.6 cm³/mol. The van der Waals surface area contributed by atoms with Crippen molar-refractivity contribution in [1.29, 1.82) is 0 Å². The van der Waals surface area contributed by atoms with Crippen molar-refractivity contribution in [3.8, 4) is 5.75 Å². The fourth-order valence-electron chi connectivity index (χ4n) is 3.01. The van der Waals surface area contributed by atoms with Gasteiger partial charge < -0.3 is 25.0 Å². The van der Waals surface area contributed by atoms with Gasteiger partial charge in [0.25, 0.3) is 5.91 Å². The molecule has 0 saturated carbocycles. The third kappa shape index (κ3) is 3.93. The lowest BCUT2D eigenvalue weighted by Crippen LogP contribution is -2.49. The second kappa shape index (κ2) is 7.69. The van der Waals surface area contributed by atoms with Gasteiger partial charge in [-0.25, -0.2) is 4.79 Å². The van der Waals surface area contributed by atoms with E-state index in [1.54, 1.807) is 24.0 Å². The third-order valence-corrected chi connectivity index (χ3v) is 4.24. The standard InChI is InChI=1S/C17H19F2N3O4/c1-10-13(15(23)22-6-8-25-9-7-22)14(21-17(24)20-10)11-2-4-12(5-3-11)26-16(18)19/h2-5,14,16H,6-9H2,1H3,(H2,20,21,24)/t14-/m0/s1. The van der Waals surface area contributed by atoms with Crippen molar-refractivity contribution in [1.82, 2.24) is 15.5 Å². The van der Waals surface area contributed by atoms with E-state index in [4.69, 9.17) is 4.74 Å². The minimum Gasteiger partial charge on any atom is -0.435 e. The number of benzene rings is 1. The smallest absolute Gasteiger partial charge is 0.387 e. The molecule has 0 radical (unpaired) electrons. The minimum atomic E-state index is -2.92. The number of urea groups is 1. The molecule has 3 rings (SSSR count). The topological polar surface area (TPSA) is 79.9 Å². The zero-order valence-electron chi connectivity index (χ0n) is 14.1. The van der Waals surface area contributed by atoms with Crippen LogP contribution in [0.4, 0.5) is 13.6 Å². The Kier molecular flexibility index (Phi) is 5.36. The first-order valence-electron chi connectivity index (χ1n) is 8.16. The minimum absolute atomic E-state index is 0.00534. The summed E-state index contributed by atoms with van der Waals surface area (Å²) < 4.78 is 34.2. The second-order valence-electron chi connectivity index (χ2n) is 5.92. The lowest BCUT2D eigenvalue weighted by atomic mass is 9.94. The molecule has 2 N–H and O–H groups in total. The molecule has 0 bridgehead atoms. The summed E-state index contributed by atoms with van der Waals surface area (Å²) in [6, 6.07) is 4.74. The maximum absolute atomic E-state index is 13.0. The van der Waals surface area contributed by atoms with Gasteiger partial charge in [-0.15, -0.1) is 0 Å². The molecule has 1 fully saturated rings. The Balaban J connectivity index is 1.88. The van der Waals surface area contributed by atoms with E-state index in [2.05, 4.69) is 15.4 Å². The summed E-state index contributed by atoms with van der Waals surface area (Å²) in [7, 11) is 0. The number of ether oxygens (including phenoxy) is 2. The van der Waals surface area contributed by atoms with Gasteiger partial charge in [-0.05, 0) is 24.6 Å². The molecule has 2 aliphatic rings. The van der Waals surface area contributed by atoms with E-state index in [1.807, 2.05) is 0 Å². The molecule has 7 nitrogen and oxygen atoms in total. The van der Waals surface area contributed by atoms with Crippen molar-refractivity contribution in [2.24, 2.45) is 0 Å². The number of nitrogens with one attached hydrogen (secondary N) is 2. The molecular formula is C17H19F2N3O4. The van der Waals surface area contributed by atoms with Crippen molar-refractivity contribution >= 4 is 11.9 Å².